The first-order valence-electron chi connectivity index (χ1n) is 7.18. The van der Waals surface area contributed by atoms with Gasteiger partial charge in [-0.3, -0.25) is 0 Å². The van der Waals surface area contributed by atoms with Crippen LogP contribution in [0.15, 0.2) is 60.0 Å². The number of anilines is 1. The van der Waals surface area contributed by atoms with E-state index < -0.39 is 0 Å². The molecule has 0 saturated heterocycles. The van der Waals surface area contributed by atoms with Gasteiger partial charge in [0.25, 0.3) is 5.95 Å². The van der Waals surface area contributed by atoms with Crippen LogP contribution in [0.5, 0.6) is 5.75 Å². The number of ether oxygens (including phenoxy) is 1. The topological polar surface area (TPSA) is 99.5 Å². The van der Waals surface area contributed by atoms with E-state index in [-0.39, 0.29) is 24.0 Å². The lowest BCUT2D eigenvalue weighted by molar-refractivity contribution is 0.194. The molecule has 0 saturated carbocycles. The van der Waals surface area contributed by atoms with Gasteiger partial charge >= 0.3 is 0 Å². The van der Waals surface area contributed by atoms with Crippen LogP contribution in [0.3, 0.4) is 0 Å². The molecule has 1 aliphatic rings. The standard InChI is InChI=1S/C16H12N2O2.C2H6O/c17-9-13-15(10-4-2-1-3-5-10)12-8-11(18)6-7-14(12)20-16(13)19;1-2-3/h1-8,15,19H,18H2;3H,2H2,1H3. The molecule has 5 heteroatoms. The lowest BCUT2D eigenvalue weighted by Gasteiger charge is -2.25. The third kappa shape index (κ3) is 3.44. The number of benzene rings is 2. The number of nitrogen functional groups attached to an aromatic ring is 1. The highest BCUT2D eigenvalue weighted by atomic mass is 16.6. The van der Waals surface area contributed by atoms with E-state index in [9.17, 15) is 10.4 Å². The number of rotatable bonds is 1. The van der Waals surface area contributed by atoms with Crippen molar-refractivity contribution in [1.82, 2.24) is 0 Å². The number of fused-ring (bicyclic) bond motifs is 1. The number of nitriles is 1. The monoisotopic (exact) mass is 310 g/mol. The van der Waals surface area contributed by atoms with Gasteiger partial charge in [-0.15, -0.1) is 0 Å². The molecule has 1 heterocycles. The number of nitrogens with two attached hydrogens (primary N) is 1. The van der Waals surface area contributed by atoms with E-state index >= 15 is 0 Å². The Morgan fingerprint density at radius 2 is 1.87 bits per heavy atom. The summed E-state index contributed by atoms with van der Waals surface area (Å²) in [6.45, 7) is 1.93. The molecule has 0 spiro atoms. The average Bonchev–Trinajstić information content (AvgIpc) is 2.55. The largest absolute Gasteiger partial charge is 0.480 e. The van der Waals surface area contributed by atoms with Crippen LogP contribution in [0, 0.1) is 11.3 Å². The van der Waals surface area contributed by atoms with E-state index in [0.29, 0.717) is 11.4 Å². The normalized spacial score (nSPS) is 15.6. The zero-order chi connectivity index (χ0) is 16.8. The van der Waals surface area contributed by atoms with Crippen molar-refractivity contribution in [3.05, 3.63) is 71.2 Å². The third-order valence-electron chi connectivity index (χ3n) is 3.32. The predicted molar refractivity (Wildman–Crippen MR) is 87.8 cm³/mol. The van der Waals surface area contributed by atoms with Gasteiger partial charge < -0.3 is 20.7 Å². The molecule has 0 radical (unpaired) electrons. The summed E-state index contributed by atoms with van der Waals surface area (Å²) in [7, 11) is 0. The van der Waals surface area contributed by atoms with Crippen LogP contribution in [0.25, 0.3) is 0 Å². The van der Waals surface area contributed by atoms with Crippen LogP contribution in [0.1, 0.15) is 24.0 Å². The first-order valence-corrected chi connectivity index (χ1v) is 7.18. The van der Waals surface area contributed by atoms with Crippen molar-refractivity contribution >= 4 is 5.69 Å². The Hall–Kier alpha value is -2.97. The van der Waals surface area contributed by atoms with Gasteiger partial charge in [-0.05, 0) is 30.7 Å². The molecule has 3 rings (SSSR count). The van der Waals surface area contributed by atoms with Crippen LogP contribution < -0.4 is 10.5 Å². The van der Waals surface area contributed by atoms with Gasteiger partial charge in [0.1, 0.15) is 17.4 Å². The number of hydrogen-bond acceptors (Lipinski definition) is 5. The fraction of sp³-hybridized carbons (Fsp3) is 0.167. The molecular weight excluding hydrogens is 292 g/mol. The van der Waals surface area contributed by atoms with Crippen LogP contribution in [-0.2, 0) is 0 Å². The second kappa shape index (κ2) is 7.34. The summed E-state index contributed by atoms with van der Waals surface area (Å²) < 4.78 is 5.30. The molecule has 0 aliphatic carbocycles. The maximum absolute atomic E-state index is 9.92. The quantitative estimate of drug-likeness (QED) is 0.703. The highest BCUT2D eigenvalue weighted by molar-refractivity contribution is 5.59. The maximum Gasteiger partial charge on any atom is 0.297 e. The minimum Gasteiger partial charge on any atom is -0.480 e. The fourth-order valence-electron chi connectivity index (χ4n) is 2.43. The summed E-state index contributed by atoms with van der Waals surface area (Å²) >= 11 is 0. The van der Waals surface area contributed by atoms with Crippen LogP contribution in [0.2, 0.25) is 0 Å². The van der Waals surface area contributed by atoms with Gasteiger partial charge in [-0.1, -0.05) is 30.3 Å². The summed E-state index contributed by atoms with van der Waals surface area (Å²) in [5.74, 6) is -0.198. The Morgan fingerprint density at radius 3 is 2.48 bits per heavy atom. The van der Waals surface area contributed by atoms with Gasteiger partial charge in [0.05, 0.1) is 5.92 Å². The molecule has 23 heavy (non-hydrogen) atoms. The van der Waals surface area contributed by atoms with Crippen molar-refractivity contribution in [1.29, 1.82) is 5.26 Å². The van der Waals surface area contributed by atoms with Gasteiger partial charge in [-0.25, -0.2) is 0 Å². The van der Waals surface area contributed by atoms with Crippen LogP contribution >= 0.6 is 0 Å². The van der Waals surface area contributed by atoms with Gasteiger partial charge in [0, 0.05) is 17.9 Å². The summed E-state index contributed by atoms with van der Waals surface area (Å²) in [5, 5.41) is 26.8. The fourth-order valence-corrected chi connectivity index (χ4v) is 2.43. The van der Waals surface area contributed by atoms with Crippen molar-refractivity contribution < 1.29 is 14.9 Å². The van der Waals surface area contributed by atoms with E-state index in [2.05, 4.69) is 0 Å². The SMILES string of the molecule is CCO.N#CC1=C(O)Oc2ccc(N)cc2C1c1ccccc1. The molecule has 1 unspecified atom stereocenters. The van der Waals surface area contributed by atoms with E-state index in [4.69, 9.17) is 15.6 Å². The Morgan fingerprint density at radius 1 is 1.22 bits per heavy atom. The number of aliphatic hydroxyl groups excluding tert-OH is 2. The Bertz CT molecular complexity index is 749. The van der Waals surface area contributed by atoms with Crippen LogP contribution in [0.4, 0.5) is 5.69 Å². The van der Waals surface area contributed by atoms with Gasteiger partial charge in [-0.2, -0.15) is 5.26 Å². The summed E-state index contributed by atoms with van der Waals surface area (Å²) in [6.07, 6.45) is 0. The molecule has 4 N–H and O–H groups in total. The molecular formula is C18H18N2O3. The smallest absolute Gasteiger partial charge is 0.297 e. The lowest BCUT2D eigenvalue weighted by Crippen LogP contribution is -2.16. The summed E-state index contributed by atoms with van der Waals surface area (Å²) in [4.78, 5) is 0. The average molecular weight is 310 g/mol. The molecule has 118 valence electrons. The van der Waals surface area contributed by atoms with E-state index in [1.54, 1.807) is 25.1 Å². The zero-order valence-corrected chi connectivity index (χ0v) is 12.7. The van der Waals surface area contributed by atoms with E-state index in [0.717, 1.165) is 11.1 Å². The Kier molecular flexibility index (Phi) is 5.23. The highest BCUT2D eigenvalue weighted by Crippen LogP contribution is 2.42. The zero-order valence-electron chi connectivity index (χ0n) is 12.7. The number of nitrogens with zero attached hydrogens (tertiary/aromatic N) is 1. The van der Waals surface area contributed by atoms with Crippen molar-refractivity contribution in [3.63, 3.8) is 0 Å². The van der Waals surface area contributed by atoms with E-state index in [1.807, 2.05) is 36.4 Å². The van der Waals surface area contributed by atoms with Gasteiger partial charge in [0.2, 0.25) is 0 Å². The van der Waals surface area contributed by atoms with Gasteiger partial charge in [0.15, 0.2) is 0 Å². The van der Waals surface area contributed by atoms with Crippen molar-refractivity contribution in [2.75, 3.05) is 12.3 Å². The maximum atomic E-state index is 9.92. The molecule has 0 aromatic heterocycles. The molecule has 1 aliphatic heterocycles. The second-order valence-electron chi connectivity index (χ2n) is 4.89. The van der Waals surface area contributed by atoms with Crippen molar-refractivity contribution in [2.24, 2.45) is 0 Å². The highest BCUT2D eigenvalue weighted by Gasteiger charge is 2.31. The first kappa shape index (κ1) is 16.4. The Balaban J connectivity index is 0.000000595. The minimum absolute atomic E-state index is 0.189. The predicted octanol–water partition coefficient (Wildman–Crippen LogP) is 3.08. The molecule has 5 nitrogen and oxygen atoms in total. The summed E-state index contributed by atoms with van der Waals surface area (Å²) in [6, 6.07) is 16.7. The minimum atomic E-state index is -0.367. The molecule has 2 aromatic rings. The molecule has 0 bridgehead atoms. The van der Waals surface area contributed by atoms with Crippen molar-refractivity contribution in [2.45, 2.75) is 12.8 Å². The lowest BCUT2D eigenvalue weighted by atomic mass is 9.83. The first-order chi connectivity index (χ1) is 11.1. The molecule has 0 amide bonds. The number of allylic oxidation sites excluding steroid dienone is 1. The molecule has 1 atom stereocenters. The number of aliphatic hydroxyl groups is 2. The second-order valence-corrected chi connectivity index (χ2v) is 4.89. The van der Waals surface area contributed by atoms with Crippen molar-refractivity contribution in [3.8, 4) is 11.8 Å². The Labute approximate surface area is 134 Å². The van der Waals surface area contributed by atoms with Crippen LogP contribution in [-0.4, -0.2) is 16.8 Å². The number of hydrogen-bond donors (Lipinski definition) is 3. The van der Waals surface area contributed by atoms with E-state index in [1.165, 1.54) is 0 Å². The molecule has 0 fully saturated rings. The molecule has 2 aromatic carbocycles. The summed E-state index contributed by atoms with van der Waals surface area (Å²) in [5.41, 5.74) is 8.30. The third-order valence-corrected chi connectivity index (χ3v) is 3.32.